The van der Waals surface area contributed by atoms with E-state index in [4.69, 9.17) is 0 Å². The molecular formula is C16H26O2S. The molecule has 0 radical (unpaired) electrons. The maximum Gasteiger partial charge on any atom is 0.0659 e. The van der Waals surface area contributed by atoms with Crippen LogP contribution >= 0.6 is 0 Å². The summed E-state index contributed by atoms with van der Waals surface area (Å²) in [5.74, 6) is 0.360. The molecule has 0 aliphatic carbocycles. The molecule has 2 unspecified atom stereocenters. The zero-order valence-electron chi connectivity index (χ0n) is 11.9. The first-order valence-corrected chi connectivity index (χ1v) is 8.67. The highest BCUT2D eigenvalue weighted by molar-refractivity contribution is 7.85. The van der Waals surface area contributed by atoms with Crippen LogP contribution in [0.4, 0.5) is 0 Å². The van der Waals surface area contributed by atoms with Gasteiger partial charge in [-0.25, -0.2) is 0 Å². The Morgan fingerprint density at radius 3 is 2.37 bits per heavy atom. The average molecular weight is 282 g/mol. The molecule has 0 aliphatic rings. The predicted octanol–water partition coefficient (Wildman–Crippen LogP) is 3.91. The first kappa shape index (κ1) is 16.4. The monoisotopic (exact) mass is 282 g/mol. The summed E-state index contributed by atoms with van der Waals surface area (Å²) in [5.41, 5.74) is 0. The largest absolute Gasteiger partial charge is 0.392 e. The summed E-state index contributed by atoms with van der Waals surface area (Å²) in [7, 11) is -1.07. The maximum absolute atomic E-state index is 12.0. The summed E-state index contributed by atoms with van der Waals surface area (Å²) in [6.45, 7) is 2.21. The van der Waals surface area contributed by atoms with Crippen molar-refractivity contribution >= 4 is 10.8 Å². The molecule has 0 amide bonds. The Balaban J connectivity index is 2.14. The van der Waals surface area contributed by atoms with Crippen molar-refractivity contribution in [1.82, 2.24) is 0 Å². The minimum Gasteiger partial charge on any atom is -0.392 e. The number of benzene rings is 1. The fourth-order valence-electron chi connectivity index (χ4n) is 2.09. The summed E-state index contributed by atoms with van der Waals surface area (Å²) < 4.78 is 12.0. The number of rotatable bonds is 10. The molecule has 0 aliphatic heterocycles. The van der Waals surface area contributed by atoms with Crippen molar-refractivity contribution in [1.29, 1.82) is 0 Å². The van der Waals surface area contributed by atoms with Crippen molar-refractivity contribution in [3.63, 3.8) is 0 Å². The summed E-state index contributed by atoms with van der Waals surface area (Å²) in [5, 5.41) is 9.89. The average Bonchev–Trinajstić information content (AvgIpc) is 2.43. The molecule has 0 saturated carbocycles. The van der Waals surface area contributed by atoms with Gasteiger partial charge in [0.05, 0.1) is 22.7 Å². The van der Waals surface area contributed by atoms with E-state index >= 15 is 0 Å². The van der Waals surface area contributed by atoms with Crippen molar-refractivity contribution in [2.45, 2.75) is 62.9 Å². The minimum atomic E-state index is -1.07. The number of hydrogen-bond acceptors (Lipinski definition) is 2. The lowest BCUT2D eigenvalue weighted by Gasteiger charge is -2.10. The molecule has 19 heavy (non-hydrogen) atoms. The molecular weight excluding hydrogens is 256 g/mol. The fourth-order valence-corrected chi connectivity index (χ4v) is 3.26. The van der Waals surface area contributed by atoms with Gasteiger partial charge in [-0.15, -0.1) is 0 Å². The van der Waals surface area contributed by atoms with E-state index < -0.39 is 16.9 Å². The zero-order chi connectivity index (χ0) is 13.9. The SMILES string of the molecule is CCCCCCCCC(O)CS(=O)c1ccccc1. The Labute approximate surface area is 119 Å². The van der Waals surface area contributed by atoms with Gasteiger partial charge in [-0.05, 0) is 18.6 Å². The van der Waals surface area contributed by atoms with Crippen LogP contribution in [0.1, 0.15) is 51.9 Å². The van der Waals surface area contributed by atoms with Gasteiger partial charge in [0, 0.05) is 4.90 Å². The molecule has 1 rings (SSSR count). The van der Waals surface area contributed by atoms with E-state index in [2.05, 4.69) is 6.92 Å². The molecule has 0 fully saturated rings. The number of aliphatic hydroxyl groups is 1. The van der Waals surface area contributed by atoms with Crippen LogP contribution in [0.15, 0.2) is 35.2 Å². The maximum atomic E-state index is 12.0. The first-order valence-electron chi connectivity index (χ1n) is 7.35. The van der Waals surface area contributed by atoms with E-state index in [1.807, 2.05) is 30.3 Å². The quantitative estimate of drug-likeness (QED) is 0.661. The van der Waals surface area contributed by atoms with Crippen LogP contribution in [0.2, 0.25) is 0 Å². The molecule has 0 saturated heterocycles. The second kappa shape index (κ2) is 10.2. The lowest BCUT2D eigenvalue weighted by molar-refractivity contribution is 0.183. The van der Waals surface area contributed by atoms with Crippen LogP contribution in [0, 0.1) is 0 Å². The summed E-state index contributed by atoms with van der Waals surface area (Å²) in [6, 6.07) is 9.38. The van der Waals surface area contributed by atoms with Gasteiger partial charge in [-0.2, -0.15) is 0 Å². The molecule has 1 N–H and O–H groups in total. The predicted molar refractivity (Wildman–Crippen MR) is 81.7 cm³/mol. The summed E-state index contributed by atoms with van der Waals surface area (Å²) in [6.07, 6.45) is 7.66. The second-order valence-corrected chi connectivity index (χ2v) is 6.53. The molecule has 108 valence electrons. The van der Waals surface area contributed by atoms with Crippen molar-refractivity contribution in [2.24, 2.45) is 0 Å². The van der Waals surface area contributed by atoms with Crippen LogP contribution < -0.4 is 0 Å². The molecule has 1 aromatic carbocycles. The van der Waals surface area contributed by atoms with E-state index in [1.165, 1.54) is 32.1 Å². The van der Waals surface area contributed by atoms with Crippen LogP contribution in [0.3, 0.4) is 0 Å². The van der Waals surface area contributed by atoms with E-state index in [9.17, 15) is 9.32 Å². The standard InChI is InChI=1S/C16H26O2S/c1-2-3-4-5-6-8-11-15(17)14-19(18)16-12-9-7-10-13-16/h7,9-10,12-13,15,17H,2-6,8,11,14H2,1H3. The van der Waals surface area contributed by atoms with Gasteiger partial charge in [0.1, 0.15) is 0 Å². The Morgan fingerprint density at radius 1 is 1.05 bits per heavy atom. The fraction of sp³-hybridized carbons (Fsp3) is 0.625. The van der Waals surface area contributed by atoms with Crippen molar-refractivity contribution < 1.29 is 9.32 Å². The van der Waals surface area contributed by atoms with Gasteiger partial charge in [0.15, 0.2) is 0 Å². The number of unbranched alkanes of at least 4 members (excludes halogenated alkanes) is 5. The molecule has 2 nitrogen and oxygen atoms in total. The molecule has 0 aromatic heterocycles. The van der Waals surface area contributed by atoms with Crippen LogP contribution in [0.5, 0.6) is 0 Å². The van der Waals surface area contributed by atoms with Crippen molar-refractivity contribution in [3.8, 4) is 0 Å². The smallest absolute Gasteiger partial charge is 0.0659 e. The normalized spacial score (nSPS) is 14.2. The lowest BCUT2D eigenvalue weighted by atomic mass is 10.1. The Kier molecular flexibility index (Phi) is 8.76. The third-order valence-corrected chi connectivity index (χ3v) is 4.73. The van der Waals surface area contributed by atoms with Crippen molar-refractivity contribution in [3.05, 3.63) is 30.3 Å². The van der Waals surface area contributed by atoms with E-state index in [-0.39, 0.29) is 0 Å². The van der Waals surface area contributed by atoms with Gasteiger partial charge in [0.25, 0.3) is 0 Å². The molecule has 0 bridgehead atoms. The van der Waals surface area contributed by atoms with Gasteiger partial charge in [-0.1, -0.05) is 63.6 Å². The van der Waals surface area contributed by atoms with Gasteiger partial charge < -0.3 is 5.11 Å². The minimum absolute atomic E-state index is 0.360. The number of hydrogen-bond donors (Lipinski definition) is 1. The highest BCUT2D eigenvalue weighted by Crippen LogP contribution is 2.12. The van der Waals surface area contributed by atoms with Gasteiger partial charge in [0.2, 0.25) is 0 Å². The van der Waals surface area contributed by atoms with Crippen molar-refractivity contribution in [2.75, 3.05) is 5.75 Å². The summed E-state index contributed by atoms with van der Waals surface area (Å²) >= 11 is 0. The van der Waals surface area contributed by atoms with E-state index in [1.54, 1.807) is 0 Å². The second-order valence-electron chi connectivity index (χ2n) is 5.04. The third kappa shape index (κ3) is 7.48. The van der Waals surface area contributed by atoms with E-state index in [0.717, 1.165) is 17.7 Å². The van der Waals surface area contributed by atoms with E-state index in [0.29, 0.717) is 5.75 Å². The Bertz CT molecular complexity index is 351. The molecule has 0 heterocycles. The number of aliphatic hydroxyl groups excluding tert-OH is 1. The van der Waals surface area contributed by atoms with Crippen LogP contribution in [0.25, 0.3) is 0 Å². The van der Waals surface area contributed by atoms with Crippen LogP contribution in [-0.4, -0.2) is 21.2 Å². The molecule has 1 aromatic rings. The van der Waals surface area contributed by atoms with Gasteiger partial charge >= 0.3 is 0 Å². The first-order chi connectivity index (χ1) is 9.24. The summed E-state index contributed by atoms with van der Waals surface area (Å²) in [4.78, 5) is 0.810. The van der Waals surface area contributed by atoms with Gasteiger partial charge in [-0.3, -0.25) is 4.21 Å². The highest BCUT2D eigenvalue weighted by Gasteiger charge is 2.10. The molecule has 3 heteroatoms. The highest BCUT2D eigenvalue weighted by atomic mass is 32.2. The third-order valence-electron chi connectivity index (χ3n) is 3.24. The zero-order valence-corrected chi connectivity index (χ0v) is 12.7. The Hall–Kier alpha value is -0.670. The Morgan fingerprint density at radius 2 is 1.68 bits per heavy atom. The van der Waals surface area contributed by atoms with Crippen LogP contribution in [-0.2, 0) is 10.8 Å². The topological polar surface area (TPSA) is 37.3 Å². The molecule has 0 spiro atoms. The molecule has 2 atom stereocenters. The lowest BCUT2D eigenvalue weighted by Crippen LogP contribution is -2.16.